The molecule has 1 radical (unpaired) electrons. The quantitative estimate of drug-likeness (QED) is 0.569. The van der Waals surface area contributed by atoms with E-state index in [1.165, 1.54) is 0 Å². The van der Waals surface area contributed by atoms with Gasteiger partial charge >= 0.3 is 0 Å². The Kier molecular flexibility index (Phi) is 3.19. The van der Waals surface area contributed by atoms with E-state index in [4.69, 9.17) is 11.5 Å². The van der Waals surface area contributed by atoms with Crippen molar-refractivity contribution in [3.8, 4) is 0 Å². The summed E-state index contributed by atoms with van der Waals surface area (Å²) >= 11 is 0. The van der Waals surface area contributed by atoms with E-state index in [1.807, 2.05) is 0 Å². The molecule has 0 aliphatic heterocycles. The van der Waals surface area contributed by atoms with Crippen LogP contribution < -0.4 is 11.5 Å². The van der Waals surface area contributed by atoms with Gasteiger partial charge in [0.1, 0.15) is 7.28 Å². The first-order valence-electron chi connectivity index (χ1n) is 4.88. The van der Waals surface area contributed by atoms with Crippen molar-refractivity contribution in [1.29, 1.82) is 0 Å². The minimum atomic E-state index is 0.191. The van der Waals surface area contributed by atoms with Gasteiger partial charge in [-0.1, -0.05) is 26.5 Å². The molecule has 12 heavy (non-hydrogen) atoms. The lowest BCUT2D eigenvalue weighted by atomic mass is 9.53. The minimum absolute atomic E-state index is 0.191. The van der Waals surface area contributed by atoms with Gasteiger partial charge in [0, 0.05) is 12.1 Å². The van der Waals surface area contributed by atoms with Crippen molar-refractivity contribution in [2.75, 3.05) is 0 Å². The maximum absolute atomic E-state index is 5.99. The van der Waals surface area contributed by atoms with Crippen molar-refractivity contribution < 1.29 is 0 Å². The first kappa shape index (κ1) is 10.1. The largest absolute Gasteiger partial charge is 0.326 e. The summed E-state index contributed by atoms with van der Waals surface area (Å²) in [4.78, 5) is 0. The molecule has 5 atom stereocenters. The zero-order valence-electron chi connectivity index (χ0n) is 8.33. The van der Waals surface area contributed by atoms with Gasteiger partial charge in [-0.3, -0.25) is 0 Å². The van der Waals surface area contributed by atoms with Crippen LogP contribution in [0.1, 0.15) is 20.3 Å². The van der Waals surface area contributed by atoms with Gasteiger partial charge in [0.2, 0.25) is 0 Å². The molecule has 0 aromatic carbocycles. The van der Waals surface area contributed by atoms with E-state index in [-0.39, 0.29) is 12.1 Å². The van der Waals surface area contributed by atoms with Crippen LogP contribution in [0.2, 0.25) is 12.6 Å². The summed E-state index contributed by atoms with van der Waals surface area (Å²) in [5, 5.41) is 0. The summed E-state index contributed by atoms with van der Waals surface area (Å²) in [5.41, 5.74) is 11.9. The molecule has 5 unspecified atom stereocenters. The Labute approximate surface area is 76.3 Å². The first-order valence-corrected chi connectivity index (χ1v) is 4.88. The van der Waals surface area contributed by atoms with Gasteiger partial charge in [-0.25, -0.2) is 0 Å². The van der Waals surface area contributed by atoms with Crippen LogP contribution in [-0.2, 0) is 0 Å². The van der Waals surface area contributed by atoms with E-state index < -0.39 is 0 Å². The third-order valence-corrected chi connectivity index (χ3v) is 3.58. The first-order chi connectivity index (χ1) is 5.57. The summed E-state index contributed by atoms with van der Waals surface area (Å²) in [5.74, 6) is 1.90. The molecule has 0 aromatic rings. The smallest absolute Gasteiger partial charge is 0.110 e. The van der Waals surface area contributed by atoms with Crippen LogP contribution in [0, 0.1) is 11.8 Å². The van der Waals surface area contributed by atoms with Gasteiger partial charge in [-0.2, -0.15) is 0 Å². The number of hydrogen-bond donors (Lipinski definition) is 2. The highest BCUT2D eigenvalue weighted by Crippen LogP contribution is 2.36. The van der Waals surface area contributed by atoms with E-state index >= 15 is 0 Å². The molecular formula is C9H20BN2. The second kappa shape index (κ2) is 3.80. The molecule has 0 saturated heterocycles. The van der Waals surface area contributed by atoms with Crippen LogP contribution in [-0.4, -0.2) is 19.4 Å². The Bertz CT molecular complexity index is 147. The number of nitrogens with two attached hydrogens (primary N) is 2. The molecule has 4 N–H and O–H groups in total. The van der Waals surface area contributed by atoms with E-state index in [2.05, 4.69) is 28.0 Å². The normalized spacial score (nSPS) is 48.9. The fraction of sp³-hybridized carbons (Fsp3) is 1.00. The molecule has 2 nitrogen and oxygen atoms in total. The zero-order chi connectivity index (χ0) is 9.30. The van der Waals surface area contributed by atoms with Crippen LogP contribution in [0.15, 0.2) is 0 Å². The monoisotopic (exact) mass is 167 g/mol. The van der Waals surface area contributed by atoms with Gasteiger partial charge in [0.15, 0.2) is 0 Å². The Balaban J connectivity index is 2.63. The maximum Gasteiger partial charge on any atom is 0.110 e. The predicted octanol–water partition coefficient (Wildman–Crippen LogP) is 0.858. The fourth-order valence-corrected chi connectivity index (χ4v) is 2.26. The second-order valence-corrected chi connectivity index (χ2v) is 4.19. The summed E-state index contributed by atoms with van der Waals surface area (Å²) < 4.78 is 0. The lowest BCUT2D eigenvalue weighted by molar-refractivity contribution is 0.214. The molecular weight excluding hydrogens is 147 g/mol. The van der Waals surface area contributed by atoms with Crippen molar-refractivity contribution in [2.45, 2.75) is 45.0 Å². The standard InChI is InChI=1S/C9H20BN2/c1-5-6(2)9(12)8(11)4-7(5)10-3/h5-9H,4,11-12H2,1-3H3. The van der Waals surface area contributed by atoms with Gasteiger partial charge in [-0.15, -0.1) is 0 Å². The minimum Gasteiger partial charge on any atom is -0.326 e. The van der Waals surface area contributed by atoms with Crippen molar-refractivity contribution in [3.05, 3.63) is 0 Å². The van der Waals surface area contributed by atoms with Crippen molar-refractivity contribution in [3.63, 3.8) is 0 Å². The predicted molar refractivity (Wildman–Crippen MR) is 54.3 cm³/mol. The Hall–Kier alpha value is -0.0151. The zero-order valence-corrected chi connectivity index (χ0v) is 8.33. The van der Waals surface area contributed by atoms with Crippen molar-refractivity contribution in [2.24, 2.45) is 23.3 Å². The Morgan fingerprint density at radius 3 is 2.25 bits per heavy atom. The van der Waals surface area contributed by atoms with E-state index in [9.17, 15) is 0 Å². The Morgan fingerprint density at radius 1 is 1.17 bits per heavy atom. The molecule has 0 heterocycles. The van der Waals surface area contributed by atoms with E-state index in [0.29, 0.717) is 17.7 Å². The molecule has 0 spiro atoms. The topological polar surface area (TPSA) is 52.0 Å². The molecule has 69 valence electrons. The third kappa shape index (κ3) is 1.67. The average molecular weight is 167 g/mol. The Morgan fingerprint density at radius 2 is 1.75 bits per heavy atom. The van der Waals surface area contributed by atoms with Crippen LogP contribution in [0.4, 0.5) is 0 Å². The highest BCUT2D eigenvalue weighted by Gasteiger charge is 2.35. The van der Waals surface area contributed by atoms with Crippen molar-refractivity contribution >= 4 is 7.28 Å². The van der Waals surface area contributed by atoms with E-state index in [0.717, 1.165) is 6.42 Å². The molecule has 0 amide bonds. The van der Waals surface area contributed by atoms with E-state index in [1.54, 1.807) is 0 Å². The average Bonchev–Trinajstić information content (AvgIpc) is 2.08. The third-order valence-electron chi connectivity index (χ3n) is 3.58. The second-order valence-electron chi connectivity index (χ2n) is 4.19. The van der Waals surface area contributed by atoms with Crippen LogP contribution in [0.3, 0.4) is 0 Å². The SMILES string of the molecule is C[B]C1CC(N)C(N)C(C)C1C. The van der Waals surface area contributed by atoms with Gasteiger partial charge in [0.05, 0.1) is 0 Å². The van der Waals surface area contributed by atoms with Gasteiger partial charge in [0.25, 0.3) is 0 Å². The molecule has 1 saturated carbocycles. The lowest BCUT2D eigenvalue weighted by Crippen LogP contribution is -2.53. The number of hydrogen-bond acceptors (Lipinski definition) is 2. The fourth-order valence-electron chi connectivity index (χ4n) is 2.26. The summed E-state index contributed by atoms with van der Waals surface area (Å²) in [7, 11) is 2.27. The molecule has 1 aliphatic carbocycles. The maximum atomic E-state index is 5.99. The molecule has 1 aliphatic rings. The molecule has 0 aromatic heterocycles. The molecule has 1 rings (SSSR count). The summed E-state index contributed by atoms with van der Waals surface area (Å²) in [6.07, 6.45) is 1.06. The number of rotatable bonds is 1. The molecule has 0 bridgehead atoms. The molecule has 3 heteroatoms. The molecule has 1 fully saturated rings. The van der Waals surface area contributed by atoms with Crippen molar-refractivity contribution in [1.82, 2.24) is 0 Å². The lowest BCUT2D eigenvalue weighted by Gasteiger charge is -2.41. The summed E-state index contributed by atoms with van der Waals surface area (Å²) in [6.45, 7) is 6.61. The van der Waals surface area contributed by atoms with Crippen LogP contribution in [0.25, 0.3) is 0 Å². The highest BCUT2D eigenvalue weighted by molar-refractivity contribution is 6.35. The highest BCUT2D eigenvalue weighted by atomic mass is 14.8. The van der Waals surface area contributed by atoms with Crippen LogP contribution >= 0.6 is 0 Å². The van der Waals surface area contributed by atoms with Crippen LogP contribution in [0.5, 0.6) is 0 Å². The van der Waals surface area contributed by atoms with Gasteiger partial charge in [-0.05, 0) is 18.3 Å². The summed E-state index contributed by atoms with van der Waals surface area (Å²) in [6, 6.07) is 0.383. The van der Waals surface area contributed by atoms with Gasteiger partial charge < -0.3 is 11.5 Å².